The van der Waals surface area contributed by atoms with E-state index in [1.165, 1.54) is 25.7 Å². The van der Waals surface area contributed by atoms with Gasteiger partial charge < -0.3 is 15.4 Å². The van der Waals surface area contributed by atoms with Crippen molar-refractivity contribution in [3.8, 4) is 0 Å². The maximum atomic E-state index is 5.92. The van der Waals surface area contributed by atoms with Gasteiger partial charge in [-0.3, -0.25) is 0 Å². The molecule has 0 bridgehead atoms. The number of nitrogens with two attached hydrogens (primary N) is 1. The molecular formula is C15H25N5O. The quantitative estimate of drug-likeness (QED) is 0.839. The monoisotopic (exact) mass is 291 g/mol. The Kier molecular flexibility index (Phi) is 4.65. The number of hydrogen-bond donors (Lipinski definition) is 1. The molecule has 1 saturated heterocycles. The second-order valence-electron chi connectivity index (χ2n) is 6.22. The van der Waals surface area contributed by atoms with Crippen LogP contribution >= 0.6 is 0 Å². The molecule has 2 aliphatic rings. The van der Waals surface area contributed by atoms with Crippen LogP contribution in [0.1, 0.15) is 62.2 Å². The number of hydrogen-bond acceptors (Lipinski definition) is 6. The van der Waals surface area contributed by atoms with Crippen LogP contribution in [-0.2, 0) is 4.74 Å². The summed E-state index contributed by atoms with van der Waals surface area (Å²) in [5.41, 5.74) is 5.92. The van der Waals surface area contributed by atoms with Crippen molar-refractivity contribution in [1.29, 1.82) is 0 Å². The van der Waals surface area contributed by atoms with E-state index in [1.807, 2.05) is 0 Å². The SMILES string of the molecule is CN1CCOC(c2nc(N)nc(C3CCCCCC3)n2)C1. The van der Waals surface area contributed by atoms with Gasteiger partial charge in [-0.25, -0.2) is 4.98 Å². The minimum atomic E-state index is -0.0846. The highest BCUT2D eigenvalue weighted by Gasteiger charge is 2.25. The number of nitrogen functional groups attached to an aromatic ring is 1. The van der Waals surface area contributed by atoms with Crippen LogP contribution in [0.2, 0.25) is 0 Å². The smallest absolute Gasteiger partial charge is 0.223 e. The maximum Gasteiger partial charge on any atom is 0.223 e. The third kappa shape index (κ3) is 3.68. The molecule has 6 nitrogen and oxygen atoms in total. The molecule has 1 aliphatic carbocycles. The lowest BCUT2D eigenvalue weighted by Crippen LogP contribution is -2.36. The number of anilines is 1. The molecule has 0 aromatic carbocycles. The first-order chi connectivity index (χ1) is 10.2. The van der Waals surface area contributed by atoms with Crippen molar-refractivity contribution in [3.05, 3.63) is 11.6 Å². The highest BCUT2D eigenvalue weighted by molar-refractivity contribution is 5.19. The van der Waals surface area contributed by atoms with E-state index in [-0.39, 0.29) is 6.10 Å². The number of rotatable bonds is 2. The largest absolute Gasteiger partial charge is 0.368 e. The summed E-state index contributed by atoms with van der Waals surface area (Å²) in [4.78, 5) is 15.7. The first kappa shape index (κ1) is 14.7. The maximum absolute atomic E-state index is 5.92. The molecule has 1 unspecified atom stereocenters. The van der Waals surface area contributed by atoms with Crippen molar-refractivity contribution < 1.29 is 4.74 Å². The van der Waals surface area contributed by atoms with Crippen LogP contribution in [0.25, 0.3) is 0 Å². The Hall–Kier alpha value is -1.27. The van der Waals surface area contributed by atoms with Gasteiger partial charge in [-0.15, -0.1) is 0 Å². The van der Waals surface area contributed by atoms with Gasteiger partial charge in [-0.1, -0.05) is 25.7 Å². The second kappa shape index (κ2) is 6.66. The standard InChI is InChI=1S/C15H25N5O/c1-20-8-9-21-12(10-20)14-17-13(18-15(16)19-14)11-6-4-2-3-5-7-11/h11-12H,2-10H2,1H3,(H2,16,17,18,19). The van der Waals surface area contributed by atoms with Crippen LogP contribution in [0.4, 0.5) is 5.95 Å². The molecule has 1 aromatic rings. The van der Waals surface area contributed by atoms with Gasteiger partial charge in [-0.2, -0.15) is 9.97 Å². The Morgan fingerprint density at radius 3 is 2.48 bits per heavy atom. The first-order valence-corrected chi connectivity index (χ1v) is 8.04. The molecule has 2 N–H and O–H groups in total. The van der Waals surface area contributed by atoms with Gasteiger partial charge in [0.15, 0.2) is 5.82 Å². The molecule has 2 heterocycles. The van der Waals surface area contributed by atoms with Gasteiger partial charge in [0.1, 0.15) is 11.9 Å². The van der Waals surface area contributed by atoms with E-state index in [2.05, 4.69) is 21.9 Å². The minimum Gasteiger partial charge on any atom is -0.368 e. The highest BCUT2D eigenvalue weighted by atomic mass is 16.5. The van der Waals surface area contributed by atoms with E-state index in [4.69, 9.17) is 15.5 Å². The second-order valence-corrected chi connectivity index (χ2v) is 6.22. The first-order valence-electron chi connectivity index (χ1n) is 8.04. The lowest BCUT2D eigenvalue weighted by Gasteiger charge is -2.29. The van der Waals surface area contributed by atoms with Crippen LogP contribution in [0.15, 0.2) is 0 Å². The predicted octanol–water partition coefficient (Wildman–Crippen LogP) is 1.89. The van der Waals surface area contributed by atoms with Crippen LogP contribution in [0.3, 0.4) is 0 Å². The average molecular weight is 291 g/mol. The van der Waals surface area contributed by atoms with Gasteiger partial charge in [0.25, 0.3) is 0 Å². The summed E-state index contributed by atoms with van der Waals surface area (Å²) in [5, 5.41) is 0. The molecule has 1 saturated carbocycles. The summed E-state index contributed by atoms with van der Waals surface area (Å²) < 4.78 is 5.81. The lowest BCUT2D eigenvalue weighted by atomic mass is 9.99. The Bertz CT molecular complexity index is 453. The van der Waals surface area contributed by atoms with Crippen LogP contribution in [0, 0.1) is 0 Å². The number of likely N-dealkylation sites (N-methyl/N-ethyl adjacent to an activating group) is 1. The Balaban J connectivity index is 1.81. The molecule has 0 spiro atoms. The summed E-state index contributed by atoms with van der Waals surface area (Å²) >= 11 is 0. The zero-order chi connectivity index (χ0) is 14.7. The summed E-state index contributed by atoms with van der Waals surface area (Å²) in [6, 6.07) is 0. The third-order valence-corrected chi connectivity index (χ3v) is 4.47. The van der Waals surface area contributed by atoms with Crippen LogP contribution < -0.4 is 5.73 Å². The van der Waals surface area contributed by atoms with Crippen molar-refractivity contribution in [1.82, 2.24) is 19.9 Å². The molecular weight excluding hydrogens is 266 g/mol. The van der Waals surface area contributed by atoms with Crippen LogP contribution in [-0.4, -0.2) is 46.6 Å². The molecule has 2 fully saturated rings. The molecule has 1 aliphatic heterocycles. The molecule has 21 heavy (non-hydrogen) atoms. The van der Waals surface area contributed by atoms with E-state index >= 15 is 0 Å². The molecule has 6 heteroatoms. The van der Waals surface area contributed by atoms with Crippen LogP contribution in [0.5, 0.6) is 0 Å². The van der Waals surface area contributed by atoms with E-state index in [0.29, 0.717) is 24.3 Å². The third-order valence-electron chi connectivity index (χ3n) is 4.47. The van der Waals surface area contributed by atoms with Crippen molar-refractivity contribution in [2.75, 3.05) is 32.5 Å². The fourth-order valence-corrected chi connectivity index (χ4v) is 3.23. The summed E-state index contributed by atoms with van der Waals surface area (Å²) in [6.07, 6.45) is 7.39. The van der Waals surface area contributed by atoms with Crippen molar-refractivity contribution in [3.63, 3.8) is 0 Å². The zero-order valence-corrected chi connectivity index (χ0v) is 12.8. The van der Waals surface area contributed by atoms with Crippen molar-refractivity contribution in [2.24, 2.45) is 0 Å². The predicted molar refractivity (Wildman–Crippen MR) is 80.9 cm³/mol. The molecule has 3 rings (SSSR count). The fourth-order valence-electron chi connectivity index (χ4n) is 3.23. The van der Waals surface area contributed by atoms with Gasteiger partial charge in [-0.05, 0) is 19.9 Å². The van der Waals surface area contributed by atoms with E-state index in [9.17, 15) is 0 Å². The summed E-state index contributed by atoms with van der Waals surface area (Å²) in [5.74, 6) is 2.33. The number of nitrogens with zero attached hydrogens (tertiary/aromatic N) is 4. The lowest BCUT2D eigenvalue weighted by molar-refractivity contribution is -0.0256. The molecule has 1 atom stereocenters. The van der Waals surface area contributed by atoms with E-state index < -0.39 is 0 Å². The van der Waals surface area contributed by atoms with Crippen molar-refractivity contribution >= 4 is 5.95 Å². The number of morpholine rings is 1. The van der Waals surface area contributed by atoms with Gasteiger partial charge in [0.05, 0.1) is 6.61 Å². The minimum absolute atomic E-state index is 0.0846. The summed E-state index contributed by atoms with van der Waals surface area (Å²) in [6.45, 7) is 2.48. The highest BCUT2D eigenvalue weighted by Crippen LogP contribution is 2.30. The molecule has 0 radical (unpaired) electrons. The van der Waals surface area contributed by atoms with E-state index in [0.717, 1.165) is 31.8 Å². The van der Waals surface area contributed by atoms with Gasteiger partial charge in [0, 0.05) is 19.0 Å². The molecule has 1 aromatic heterocycles. The normalized spacial score (nSPS) is 25.7. The van der Waals surface area contributed by atoms with Crippen molar-refractivity contribution in [2.45, 2.75) is 50.5 Å². The Labute approximate surface area is 126 Å². The number of aromatic nitrogens is 3. The topological polar surface area (TPSA) is 77.2 Å². The average Bonchev–Trinajstić information content (AvgIpc) is 2.76. The van der Waals surface area contributed by atoms with E-state index in [1.54, 1.807) is 0 Å². The molecule has 116 valence electrons. The van der Waals surface area contributed by atoms with Gasteiger partial charge >= 0.3 is 0 Å². The molecule has 0 amide bonds. The number of ether oxygens (including phenoxy) is 1. The Morgan fingerprint density at radius 2 is 1.76 bits per heavy atom. The van der Waals surface area contributed by atoms with Gasteiger partial charge in [0.2, 0.25) is 5.95 Å². The fraction of sp³-hybridized carbons (Fsp3) is 0.800. The zero-order valence-electron chi connectivity index (χ0n) is 12.8. The Morgan fingerprint density at radius 1 is 1.05 bits per heavy atom. The summed E-state index contributed by atoms with van der Waals surface area (Å²) in [7, 11) is 2.09.